The number of hydrogen-bond donors (Lipinski definition) is 0. The first kappa shape index (κ1) is 18.4. The van der Waals surface area contributed by atoms with Crippen LogP contribution in [0.25, 0.3) is 22.2 Å². The van der Waals surface area contributed by atoms with Gasteiger partial charge in [-0.2, -0.15) is 0 Å². The zero-order chi connectivity index (χ0) is 19.7. The van der Waals surface area contributed by atoms with Crippen LogP contribution in [-0.4, -0.2) is 24.7 Å². The Morgan fingerprint density at radius 2 is 1.89 bits per heavy atom. The smallest absolute Gasteiger partial charge is 0.278 e. The zero-order valence-corrected chi connectivity index (χ0v) is 16.3. The first-order valence-corrected chi connectivity index (χ1v) is 9.66. The average Bonchev–Trinajstić information content (AvgIpc) is 3.11. The summed E-state index contributed by atoms with van der Waals surface area (Å²) in [5.41, 5.74) is 0.953. The van der Waals surface area contributed by atoms with Crippen molar-refractivity contribution < 1.29 is 4.92 Å². The zero-order valence-electron chi connectivity index (χ0n) is 14.7. The average molecular weight is 412 g/mol. The highest BCUT2D eigenvalue weighted by Gasteiger charge is 2.18. The third-order valence-corrected chi connectivity index (χ3v) is 5.60. The largest absolute Gasteiger partial charge is 0.302 e. The molecule has 0 atom stereocenters. The molecular weight excluding hydrogens is 398 g/mol. The fraction of sp³-hybridized carbons (Fsp3) is 0.105. The molecule has 0 N–H and O–H groups in total. The van der Waals surface area contributed by atoms with Gasteiger partial charge < -0.3 is 4.57 Å². The second kappa shape index (κ2) is 7.57. The second-order valence-electron chi connectivity index (χ2n) is 5.92. The Bertz CT molecular complexity index is 1180. The Morgan fingerprint density at radius 1 is 1.11 bits per heavy atom. The summed E-state index contributed by atoms with van der Waals surface area (Å²) >= 11 is 7.40. The van der Waals surface area contributed by atoms with Crippen molar-refractivity contribution in [2.75, 3.05) is 0 Å². The van der Waals surface area contributed by atoms with Crippen molar-refractivity contribution in [3.63, 3.8) is 0 Å². The lowest BCUT2D eigenvalue weighted by Gasteiger charge is -2.09. The molecule has 2 aromatic heterocycles. The van der Waals surface area contributed by atoms with E-state index in [1.54, 1.807) is 18.3 Å². The van der Waals surface area contributed by atoms with E-state index >= 15 is 0 Å². The lowest BCUT2D eigenvalue weighted by atomic mass is 10.1. The Balaban J connectivity index is 1.77. The Hall–Kier alpha value is -2.97. The number of fused-ring (bicyclic) bond motifs is 1. The predicted octanol–water partition coefficient (Wildman–Crippen LogP) is 5.23. The molecule has 2 heterocycles. The van der Waals surface area contributed by atoms with Crippen LogP contribution in [0.5, 0.6) is 0 Å². The number of nitrogens with zero attached hydrogens (tertiary/aromatic N) is 5. The van der Waals surface area contributed by atoms with Crippen LogP contribution in [0.15, 0.2) is 64.9 Å². The van der Waals surface area contributed by atoms with Gasteiger partial charge in [-0.3, -0.25) is 15.1 Å². The maximum absolute atomic E-state index is 11.3. The lowest BCUT2D eigenvalue weighted by molar-refractivity contribution is -0.383. The molecule has 0 fully saturated rings. The van der Waals surface area contributed by atoms with Gasteiger partial charge in [0.25, 0.3) is 5.69 Å². The summed E-state index contributed by atoms with van der Waals surface area (Å²) in [4.78, 5) is 15.8. The van der Waals surface area contributed by atoms with E-state index in [1.165, 1.54) is 24.0 Å². The highest BCUT2D eigenvalue weighted by atomic mass is 35.5. The molecule has 0 aliphatic heterocycles. The van der Waals surface area contributed by atoms with E-state index in [1.807, 2.05) is 35.8 Å². The van der Waals surface area contributed by atoms with Crippen molar-refractivity contribution >= 4 is 39.8 Å². The summed E-state index contributed by atoms with van der Waals surface area (Å²) in [7, 11) is 0. The number of pyridine rings is 1. The molecule has 7 nitrogen and oxygen atoms in total. The standard InChI is InChI=1S/C19H14ClN5O2S/c1-2-24-18(12-3-5-13(20)6-4-12)22-23-19(24)28-17-8-7-16(25(26)27)15-11-21-10-9-14(15)17/h3-11H,2H2,1H3. The van der Waals surface area contributed by atoms with Crippen LogP contribution in [0.2, 0.25) is 5.02 Å². The van der Waals surface area contributed by atoms with Crippen LogP contribution in [0.3, 0.4) is 0 Å². The molecular formula is C19H14ClN5O2S. The normalized spacial score (nSPS) is 11.1. The number of nitro groups is 1. The van der Waals surface area contributed by atoms with E-state index in [2.05, 4.69) is 15.2 Å². The van der Waals surface area contributed by atoms with E-state index in [0.29, 0.717) is 22.1 Å². The molecule has 0 aliphatic rings. The number of nitro benzene ring substituents is 1. The number of non-ortho nitro benzene ring substituents is 1. The predicted molar refractivity (Wildman–Crippen MR) is 109 cm³/mol. The van der Waals surface area contributed by atoms with Crippen molar-refractivity contribution in [2.45, 2.75) is 23.5 Å². The summed E-state index contributed by atoms with van der Waals surface area (Å²) in [6.45, 7) is 2.70. The van der Waals surface area contributed by atoms with E-state index in [4.69, 9.17) is 11.6 Å². The summed E-state index contributed by atoms with van der Waals surface area (Å²) in [5.74, 6) is 0.745. The van der Waals surface area contributed by atoms with E-state index < -0.39 is 4.92 Å². The lowest BCUT2D eigenvalue weighted by Crippen LogP contribution is -1.99. The van der Waals surface area contributed by atoms with Gasteiger partial charge in [-0.05, 0) is 55.1 Å². The number of benzene rings is 2. The topological polar surface area (TPSA) is 86.7 Å². The van der Waals surface area contributed by atoms with Crippen molar-refractivity contribution in [3.8, 4) is 11.4 Å². The molecule has 0 radical (unpaired) electrons. The number of halogens is 1. The van der Waals surface area contributed by atoms with Crippen LogP contribution < -0.4 is 0 Å². The minimum Gasteiger partial charge on any atom is -0.302 e. The van der Waals surface area contributed by atoms with Crippen molar-refractivity contribution in [1.82, 2.24) is 19.7 Å². The van der Waals surface area contributed by atoms with Gasteiger partial charge >= 0.3 is 0 Å². The van der Waals surface area contributed by atoms with Gasteiger partial charge in [0.15, 0.2) is 11.0 Å². The number of hydrogen-bond acceptors (Lipinski definition) is 6. The van der Waals surface area contributed by atoms with Gasteiger partial charge in [0.1, 0.15) is 0 Å². The number of aromatic nitrogens is 4. The first-order chi connectivity index (χ1) is 13.6. The Kier molecular flexibility index (Phi) is 4.97. The SMILES string of the molecule is CCn1c(Sc2ccc([N+](=O)[O-])c3cnccc23)nnc1-c1ccc(Cl)cc1. The van der Waals surface area contributed by atoms with Crippen LogP contribution >= 0.6 is 23.4 Å². The Labute approximate surface area is 169 Å². The van der Waals surface area contributed by atoms with Crippen molar-refractivity contribution in [3.05, 3.63) is 70.0 Å². The van der Waals surface area contributed by atoms with E-state index in [-0.39, 0.29) is 5.69 Å². The molecule has 0 amide bonds. The van der Waals surface area contributed by atoms with Gasteiger partial charge in [-0.1, -0.05) is 11.6 Å². The monoisotopic (exact) mass is 411 g/mol. The molecule has 4 rings (SSSR count). The van der Waals surface area contributed by atoms with Gasteiger partial charge in [0.2, 0.25) is 0 Å². The van der Waals surface area contributed by atoms with Crippen molar-refractivity contribution in [1.29, 1.82) is 0 Å². The number of rotatable bonds is 5. The molecule has 0 unspecified atom stereocenters. The molecule has 0 aliphatic carbocycles. The minimum atomic E-state index is -0.397. The third kappa shape index (κ3) is 3.32. The maximum Gasteiger partial charge on any atom is 0.278 e. The molecule has 2 aromatic carbocycles. The molecule has 28 heavy (non-hydrogen) atoms. The molecule has 0 spiro atoms. The molecule has 0 bridgehead atoms. The molecule has 9 heteroatoms. The van der Waals surface area contributed by atoms with Gasteiger partial charge in [0.05, 0.1) is 10.3 Å². The van der Waals surface area contributed by atoms with E-state index in [0.717, 1.165) is 21.7 Å². The first-order valence-electron chi connectivity index (χ1n) is 8.46. The Morgan fingerprint density at radius 3 is 2.61 bits per heavy atom. The van der Waals surface area contributed by atoms with Crippen LogP contribution in [0.1, 0.15) is 6.92 Å². The van der Waals surface area contributed by atoms with Crippen molar-refractivity contribution in [2.24, 2.45) is 0 Å². The molecule has 0 saturated carbocycles. The van der Waals surface area contributed by atoms with Crippen LogP contribution in [0.4, 0.5) is 5.69 Å². The summed E-state index contributed by atoms with van der Waals surface area (Å²) in [6.07, 6.45) is 3.14. The molecule has 0 saturated heterocycles. The third-order valence-electron chi connectivity index (χ3n) is 4.29. The summed E-state index contributed by atoms with van der Waals surface area (Å²) < 4.78 is 2.00. The van der Waals surface area contributed by atoms with Crippen LogP contribution in [-0.2, 0) is 6.54 Å². The summed E-state index contributed by atoms with van der Waals surface area (Å²) in [6, 6.07) is 12.4. The van der Waals surface area contributed by atoms with Gasteiger partial charge in [0, 0.05) is 45.9 Å². The van der Waals surface area contributed by atoms with Gasteiger partial charge in [-0.25, -0.2) is 0 Å². The van der Waals surface area contributed by atoms with E-state index in [9.17, 15) is 10.1 Å². The maximum atomic E-state index is 11.3. The molecule has 140 valence electrons. The summed E-state index contributed by atoms with van der Waals surface area (Å²) in [5, 5.41) is 22.6. The quantitative estimate of drug-likeness (QED) is 0.330. The fourth-order valence-corrected chi connectivity index (χ4v) is 4.11. The highest BCUT2D eigenvalue weighted by molar-refractivity contribution is 7.99. The minimum absolute atomic E-state index is 0.0336. The highest BCUT2D eigenvalue weighted by Crippen LogP contribution is 2.37. The van der Waals surface area contributed by atoms with Crippen LogP contribution in [0, 0.1) is 10.1 Å². The molecule has 4 aromatic rings. The van der Waals surface area contributed by atoms with Gasteiger partial charge in [-0.15, -0.1) is 10.2 Å². The fourth-order valence-electron chi connectivity index (χ4n) is 2.96. The second-order valence-corrected chi connectivity index (χ2v) is 7.37.